The number of benzene rings is 2. The maximum atomic E-state index is 14.1. The average molecular weight is 524 g/mol. The number of ether oxygens (including phenoxy) is 1. The van der Waals surface area contributed by atoms with Crippen molar-refractivity contribution < 1.29 is 36.7 Å². The first kappa shape index (κ1) is 26.7. The van der Waals surface area contributed by atoms with Gasteiger partial charge in [0.1, 0.15) is 0 Å². The van der Waals surface area contributed by atoms with Crippen molar-refractivity contribution in [3.63, 3.8) is 0 Å². The average Bonchev–Trinajstić information content (AvgIpc) is 3.70. The fourth-order valence-corrected chi connectivity index (χ4v) is 4.35. The summed E-state index contributed by atoms with van der Waals surface area (Å²) in [6.45, 7) is 1.62. The summed E-state index contributed by atoms with van der Waals surface area (Å²) in [7, 11) is 1.37. The van der Waals surface area contributed by atoms with Crippen LogP contribution in [0.25, 0.3) is 0 Å². The first-order valence-electron chi connectivity index (χ1n) is 12.2. The number of alkyl halides is 3. The molecule has 7 nitrogen and oxygen atoms in total. The minimum atomic E-state index is -5.23. The van der Waals surface area contributed by atoms with Gasteiger partial charge in [-0.05, 0) is 86.0 Å². The summed E-state index contributed by atoms with van der Waals surface area (Å²) < 4.78 is 57.8. The number of hydrogen-bond donors (Lipinski definition) is 2. The van der Waals surface area contributed by atoms with E-state index in [1.807, 2.05) is 0 Å². The van der Waals surface area contributed by atoms with Gasteiger partial charge in [0, 0.05) is 17.8 Å². The van der Waals surface area contributed by atoms with E-state index in [4.69, 9.17) is 4.74 Å². The fraction of sp³-hybridized carbons (Fsp3) is 0.462. The lowest BCUT2D eigenvalue weighted by molar-refractivity contribution is -0.229. The third-order valence-corrected chi connectivity index (χ3v) is 6.55. The van der Waals surface area contributed by atoms with Crippen LogP contribution in [-0.4, -0.2) is 49.9 Å². The molecule has 1 aliphatic heterocycles. The number of halogens is 4. The zero-order valence-electron chi connectivity index (χ0n) is 20.4. The maximum Gasteiger partial charge on any atom is 0.493 e. The van der Waals surface area contributed by atoms with Crippen molar-refractivity contribution in [1.29, 1.82) is 0 Å². The smallest absolute Gasteiger partial charge is 0.493 e. The molecule has 37 heavy (non-hydrogen) atoms. The number of nitrogens with zero attached hydrogens (tertiary/aromatic N) is 1. The minimum Gasteiger partial charge on any atom is -0.494 e. The molecule has 0 atom stereocenters. The van der Waals surface area contributed by atoms with Gasteiger partial charge in [-0.25, -0.2) is 9.18 Å². The van der Waals surface area contributed by atoms with E-state index < -0.39 is 23.9 Å². The molecule has 0 radical (unpaired) electrons. The van der Waals surface area contributed by atoms with Crippen molar-refractivity contribution in [3.8, 4) is 5.75 Å². The standard InChI is InChI=1S/C26H29F4N3O4/c1-36-23-7-4-17(12-22(23)27)14-32-19-5-6-20(18-8-10-31-11-9-18)21(13-19)24(34)33(15-16-2-3-16)37-25(35)26(28,29)30/h4-7,12-13,16,18,31-32H,2-3,8-11,14-15H2,1H3. The number of amides is 1. The van der Waals surface area contributed by atoms with E-state index in [9.17, 15) is 27.2 Å². The summed E-state index contributed by atoms with van der Waals surface area (Å²) >= 11 is 0. The van der Waals surface area contributed by atoms with E-state index >= 15 is 0 Å². The molecule has 2 N–H and O–H groups in total. The maximum absolute atomic E-state index is 14.1. The molecule has 11 heteroatoms. The third kappa shape index (κ3) is 6.91. The van der Waals surface area contributed by atoms with Crippen LogP contribution in [0.15, 0.2) is 36.4 Å². The second-order valence-corrected chi connectivity index (χ2v) is 9.33. The summed E-state index contributed by atoms with van der Waals surface area (Å²) in [4.78, 5) is 29.7. The number of carbonyl (C=O) groups excluding carboxylic acids is 2. The molecule has 0 spiro atoms. The number of rotatable bonds is 8. The quantitative estimate of drug-likeness (QED) is 0.383. The van der Waals surface area contributed by atoms with Gasteiger partial charge in [0.05, 0.1) is 13.7 Å². The largest absolute Gasteiger partial charge is 0.494 e. The molecule has 200 valence electrons. The predicted molar refractivity (Wildman–Crippen MR) is 127 cm³/mol. The topological polar surface area (TPSA) is 79.9 Å². The SMILES string of the molecule is COc1ccc(CNc2ccc(C3CCNCC3)c(C(=O)N(CC3CC3)OC(=O)C(F)(F)F)c2)cc1F. The predicted octanol–water partition coefficient (Wildman–Crippen LogP) is 4.79. The monoisotopic (exact) mass is 523 g/mol. The Hall–Kier alpha value is -3.34. The number of methoxy groups -OCH3 is 1. The molecule has 1 amide bonds. The van der Waals surface area contributed by atoms with Crippen molar-refractivity contribution in [2.45, 2.75) is 44.3 Å². The van der Waals surface area contributed by atoms with Crippen molar-refractivity contribution >= 4 is 17.6 Å². The van der Waals surface area contributed by atoms with Crippen LogP contribution >= 0.6 is 0 Å². The molecule has 1 saturated carbocycles. The van der Waals surface area contributed by atoms with Crippen LogP contribution < -0.4 is 15.4 Å². The Labute approximate surface area is 212 Å². The summed E-state index contributed by atoms with van der Waals surface area (Å²) in [6, 6.07) is 9.64. The van der Waals surface area contributed by atoms with Gasteiger partial charge in [0.2, 0.25) is 0 Å². The van der Waals surface area contributed by atoms with Crippen LogP contribution in [0.5, 0.6) is 5.75 Å². The van der Waals surface area contributed by atoms with Crippen LogP contribution in [0.3, 0.4) is 0 Å². The van der Waals surface area contributed by atoms with E-state index in [0.717, 1.165) is 38.8 Å². The molecule has 4 rings (SSSR count). The normalized spacial score (nSPS) is 16.2. The van der Waals surface area contributed by atoms with Crippen molar-refractivity contribution in [2.24, 2.45) is 5.92 Å². The highest BCUT2D eigenvalue weighted by molar-refractivity contribution is 5.97. The second kappa shape index (κ2) is 11.4. The molecule has 0 bridgehead atoms. The number of hydroxylamine groups is 2. The molecular weight excluding hydrogens is 494 g/mol. The zero-order chi connectivity index (χ0) is 26.6. The number of anilines is 1. The molecule has 0 aromatic heterocycles. The van der Waals surface area contributed by atoms with Crippen LogP contribution in [-0.2, 0) is 16.2 Å². The summed E-state index contributed by atoms with van der Waals surface area (Å²) in [5.41, 5.74) is 2.01. The van der Waals surface area contributed by atoms with Gasteiger partial charge >= 0.3 is 12.1 Å². The molecule has 2 aliphatic rings. The van der Waals surface area contributed by atoms with E-state index in [0.29, 0.717) is 21.9 Å². The molecule has 2 aromatic carbocycles. The second-order valence-electron chi connectivity index (χ2n) is 9.33. The highest BCUT2D eigenvalue weighted by atomic mass is 19.4. The first-order chi connectivity index (χ1) is 17.7. The third-order valence-electron chi connectivity index (χ3n) is 6.55. The lowest BCUT2D eigenvalue weighted by Crippen LogP contribution is -2.40. The summed E-state index contributed by atoms with van der Waals surface area (Å²) in [5, 5.41) is 6.94. The Morgan fingerprint density at radius 1 is 1.08 bits per heavy atom. The minimum absolute atomic E-state index is 0.0152. The number of piperidine rings is 1. The highest BCUT2D eigenvalue weighted by Gasteiger charge is 2.44. The van der Waals surface area contributed by atoms with E-state index in [1.54, 1.807) is 24.3 Å². The van der Waals surface area contributed by atoms with Crippen molar-refractivity contribution in [2.75, 3.05) is 32.1 Å². The summed E-state index contributed by atoms with van der Waals surface area (Å²) in [6.07, 6.45) is -2.23. The van der Waals surface area contributed by atoms with Crippen LogP contribution in [0.4, 0.5) is 23.2 Å². The molecule has 0 unspecified atom stereocenters. The van der Waals surface area contributed by atoms with Crippen LogP contribution in [0.2, 0.25) is 0 Å². The highest BCUT2D eigenvalue weighted by Crippen LogP contribution is 2.34. The van der Waals surface area contributed by atoms with Crippen molar-refractivity contribution in [1.82, 2.24) is 10.4 Å². The Kier molecular flexibility index (Phi) is 8.21. The molecule has 1 heterocycles. The lowest BCUT2D eigenvalue weighted by atomic mass is 9.86. The number of carbonyl (C=O) groups is 2. The van der Waals surface area contributed by atoms with E-state index in [1.165, 1.54) is 19.2 Å². The van der Waals surface area contributed by atoms with Crippen LogP contribution in [0.1, 0.15) is 53.1 Å². The fourth-order valence-electron chi connectivity index (χ4n) is 4.35. The van der Waals surface area contributed by atoms with E-state index in [2.05, 4.69) is 15.5 Å². The van der Waals surface area contributed by atoms with Gasteiger partial charge < -0.3 is 20.2 Å². The summed E-state index contributed by atoms with van der Waals surface area (Å²) in [5.74, 6) is -3.62. The Balaban J connectivity index is 1.60. The van der Waals surface area contributed by atoms with Gasteiger partial charge in [-0.3, -0.25) is 4.79 Å². The number of nitrogens with one attached hydrogen (secondary N) is 2. The molecular formula is C26H29F4N3O4. The Morgan fingerprint density at radius 2 is 1.81 bits per heavy atom. The molecule has 1 aliphatic carbocycles. The Morgan fingerprint density at radius 3 is 2.43 bits per heavy atom. The first-order valence-corrected chi connectivity index (χ1v) is 12.2. The van der Waals surface area contributed by atoms with Crippen molar-refractivity contribution in [3.05, 3.63) is 58.9 Å². The van der Waals surface area contributed by atoms with Gasteiger partial charge in [0.25, 0.3) is 5.91 Å². The zero-order valence-corrected chi connectivity index (χ0v) is 20.4. The molecule has 2 aromatic rings. The van der Waals surface area contributed by atoms with Gasteiger partial charge in [-0.15, -0.1) is 0 Å². The van der Waals surface area contributed by atoms with Crippen LogP contribution in [0, 0.1) is 11.7 Å². The van der Waals surface area contributed by atoms with E-state index in [-0.39, 0.29) is 36.2 Å². The molecule has 2 fully saturated rings. The van der Waals surface area contributed by atoms with Gasteiger partial charge in [-0.2, -0.15) is 18.2 Å². The Bertz CT molecular complexity index is 1130. The van der Waals surface area contributed by atoms with Gasteiger partial charge in [0.15, 0.2) is 11.6 Å². The van der Waals surface area contributed by atoms with Gasteiger partial charge in [-0.1, -0.05) is 12.1 Å². The number of hydrogen-bond acceptors (Lipinski definition) is 6. The lowest BCUT2D eigenvalue weighted by Gasteiger charge is -2.28. The molecule has 1 saturated heterocycles.